The minimum Gasteiger partial charge on any atom is -0.497 e. The molecule has 0 amide bonds. The summed E-state index contributed by atoms with van der Waals surface area (Å²) in [6, 6.07) is 11.4. The second-order valence-electron chi connectivity index (χ2n) is 7.64. The maximum Gasteiger partial charge on any atom is 0.302 e. The number of esters is 1. The van der Waals surface area contributed by atoms with Gasteiger partial charge in [-0.1, -0.05) is 31.4 Å². The third kappa shape index (κ3) is 5.53. The molecule has 0 atom stereocenters. The Kier molecular flexibility index (Phi) is 7.85. The lowest BCUT2D eigenvalue weighted by molar-refractivity contribution is -0.142. The zero-order valence-electron chi connectivity index (χ0n) is 18.1. The minimum atomic E-state index is -0.376. The molecule has 1 aromatic carbocycles. The lowest BCUT2D eigenvalue weighted by Crippen LogP contribution is -2.30. The Bertz CT molecular complexity index is 998. The molecule has 0 spiro atoms. The molecule has 1 aliphatic carbocycles. The maximum atomic E-state index is 13.3. The third-order valence-corrected chi connectivity index (χ3v) is 5.62. The summed E-state index contributed by atoms with van der Waals surface area (Å²) in [5, 5.41) is 9.77. The predicted octanol–water partition coefficient (Wildman–Crippen LogP) is 3.98. The number of nitrogens with zero attached hydrogens (tertiary/aromatic N) is 2. The Morgan fingerprint density at radius 3 is 2.48 bits per heavy atom. The van der Waals surface area contributed by atoms with E-state index in [0.717, 1.165) is 36.9 Å². The van der Waals surface area contributed by atoms with E-state index < -0.39 is 0 Å². The van der Waals surface area contributed by atoms with Crippen LogP contribution in [0.15, 0.2) is 35.1 Å². The van der Waals surface area contributed by atoms with E-state index in [4.69, 9.17) is 14.2 Å². The van der Waals surface area contributed by atoms with E-state index in [1.165, 1.54) is 13.3 Å². The van der Waals surface area contributed by atoms with Crippen LogP contribution in [0.4, 0.5) is 0 Å². The molecule has 7 heteroatoms. The summed E-state index contributed by atoms with van der Waals surface area (Å²) in [4.78, 5) is 24.2. The van der Waals surface area contributed by atoms with Gasteiger partial charge in [0.25, 0.3) is 5.56 Å². The van der Waals surface area contributed by atoms with Crippen LogP contribution in [0.3, 0.4) is 0 Å². The molecular formula is C24H28N2O5. The number of rotatable bonds is 8. The van der Waals surface area contributed by atoms with E-state index >= 15 is 0 Å². The van der Waals surface area contributed by atoms with Crippen LogP contribution in [0.2, 0.25) is 0 Å². The van der Waals surface area contributed by atoms with Gasteiger partial charge in [0.1, 0.15) is 30.7 Å². The highest BCUT2D eigenvalue weighted by Gasteiger charge is 2.23. The summed E-state index contributed by atoms with van der Waals surface area (Å²) >= 11 is 0. The van der Waals surface area contributed by atoms with Gasteiger partial charge in [0.15, 0.2) is 0 Å². The van der Waals surface area contributed by atoms with E-state index in [9.17, 15) is 14.9 Å². The first kappa shape index (κ1) is 22.6. The average Bonchev–Trinajstić information content (AvgIpc) is 2.79. The molecular weight excluding hydrogens is 396 g/mol. The third-order valence-electron chi connectivity index (χ3n) is 5.62. The second kappa shape index (κ2) is 10.8. The van der Waals surface area contributed by atoms with Crippen LogP contribution in [0, 0.1) is 11.3 Å². The number of carbonyl (C=O) groups is 1. The number of benzene rings is 1. The van der Waals surface area contributed by atoms with Gasteiger partial charge in [0.05, 0.1) is 13.7 Å². The van der Waals surface area contributed by atoms with Crippen LogP contribution in [0.1, 0.15) is 56.2 Å². The van der Waals surface area contributed by atoms with Crippen molar-refractivity contribution < 1.29 is 19.0 Å². The van der Waals surface area contributed by atoms with Crippen molar-refractivity contribution >= 4 is 5.97 Å². The summed E-state index contributed by atoms with van der Waals surface area (Å²) < 4.78 is 17.3. The van der Waals surface area contributed by atoms with Crippen molar-refractivity contribution in [2.45, 2.75) is 51.7 Å². The van der Waals surface area contributed by atoms with Crippen molar-refractivity contribution in [3.05, 3.63) is 51.9 Å². The summed E-state index contributed by atoms with van der Waals surface area (Å²) in [6.45, 7) is 1.66. The Morgan fingerprint density at radius 2 is 1.87 bits per heavy atom. The van der Waals surface area contributed by atoms with E-state index in [1.807, 2.05) is 30.3 Å². The molecule has 2 aromatic rings. The first-order valence-corrected chi connectivity index (χ1v) is 10.6. The smallest absolute Gasteiger partial charge is 0.302 e. The summed E-state index contributed by atoms with van der Waals surface area (Å²) in [7, 11) is 1.60. The standard InChI is InChI=1S/C24H28N2O5/c1-17(27)31-13-12-30-16-26-23(19-6-4-3-5-7-19)14-21(22(15-25)24(26)28)18-8-10-20(29-2)11-9-18/h8-11,14,19H,3-7,12-13,16H2,1-2H3. The quantitative estimate of drug-likeness (QED) is 0.470. The lowest BCUT2D eigenvalue weighted by Gasteiger charge is -2.26. The molecule has 0 N–H and O–H groups in total. The number of hydrogen-bond acceptors (Lipinski definition) is 6. The normalized spacial score (nSPS) is 14.1. The number of pyridine rings is 1. The Hall–Kier alpha value is -3.11. The zero-order valence-corrected chi connectivity index (χ0v) is 18.1. The minimum absolute atomic E-state index is 0.0174. The van der Waals surface area contributed by atoms with Gasteiger partial charge < -0.3 is 14.2 Å². The number of methoxy groups -OCH3 is 1. The van der Waals surface area contributed by atoms with Crippen LogP contribution >= 0.6 is 0 Å². The van der Waals surface area contributed by atoms with Gasteiger partial charge in [-0.15, -0.1) is 0 Å². The van der Waals surface area contributed by atoms with Gasteiger partial charge in [-0.3, -0.25) is 14.2 Å². The number of aromatic nitrogens is 1. The van der Waals surface area contributed by atoms with Gasteiger partial charge in [-0.25, -0.2) is 0 Å². The molecule has 1 aliphatic rings. The number of carbonyl (C=O) groups excluding carboxylic acids is 1. The average molecular weight is 424 g/mol. The fraction of sp³-hybridized carbons (Fsp3) is 0.458. The summed E-state index contributed by atoms with van der Waals surface area (Å²) in [6.07, 6.45) is 5.43. The van der Waals surface area contributed by atoms with Gasteiger partial charge in [-0.2, -0.15) is 5.26 Å². The van der Waals surface area contributed by atoms with Crippen molar-refractivity contribution in [1.29, 1.82) is 5.26 Å². The van der Waals surface area contributed by atoms with Crippen LogP contribution in [-0.4, -0.2) is 30.9 Å². The molecule has 1 aromatic heterocycles. The molecule has 1 saturated carbocycles. The number of hydrogen-bond donors (Lipinski definition) is 0. The Balaban J connectivity index is 1.99. The van der Waals surface area contributed by atoms with Crippen molar-refractivity contribution in [2.75, 3.05) is 20.3 Å². The first-order valence-electron chi connectivity index (χ1n) is 10.6. The molecule has 0 unspecified atom stereocenters. The van der Waals surface area contributed by atoms with E-state index in [-0.39, 0.29) is 43.0 Å². The highest BCUT2D eigenvalue weighted by Crippen LogP contribution is 2.35. The second-order valence-corrected chi connectivity index (χ2v) is 7.64. The number of nitriles is 1. The fourth-order valence-corrected chi connectivity index (χ4v) is 4.04. The van der Waals surface area contributed by atoms with Crippen LogP contribution < -0.4 is 10.3 Å². The number of ether oxygens (including phenoxy) is 3. The van der Waals surface area contributed by atoms with Crippen LogP contribution in [0.5, 0.6) is 5.75 Å². The molecule has 1 heterocycles. The molecule has 0 aliphatic heterocycles. The molecule has 31 heavy (non-hydrogen) atoms. The van der Waals surface area contributed by atoms with E-state index in [2.05, 4.69) is 6.07 Å². The molecule has 1 fully saturated rings. The van der Waals surface area contributed by atoms with Crippen LogP contribution in [-0.2, 0) is 21.0 Å². The molecule has 0 radical (unpaired) electrons. The SMILES string of the molecule is COc1ccc(-c2cc(C3CCCCC3)n(COCCOC(C)=O)c(=O)c2C#N)cc1. The van der Waals surface area contributed by atoms with E-state index in [0.29, 0.717) is 11.3 Å². The predicted molar refractivity (Wildman–Crippen MR) is 116 cm³/mol. The molecule has 0 saturated heterocycles. The first-order chi connectivity index (χ1) is 15.0. The fourth-order valence-electron chi connectivity index (χ4n) is 4.04. The van der Waals surface area contributed by atoms with Gasteiger partial charge in [-0.05, 0) is 42.5 Å². The van der Waals surface area contributed by atoms with Gasteiger partial charge in [0.2, 0.25) is 0 Å². The largest absolute Gasteiger partial charge is 0.497 e. The maximum absolute atomic E-state index is 13.3. The molecule has 164 valence electrons. The monoisotopic (exact) mass is 424 g/mol. The van der Waals surface area contributed by atoms with Crippen molar-refractivity contribution in [1.82, 2.24) is 4.57 Å². The zero-order chi connectivity index (χ0) is 22.2. The molecule has 7 nitrogen and oxygen atoms in total. The summed E-state index contributed by atoms with van der Waals surface area (Å²) in [5.74, 6) is 0.576. The van der Waals surface area contributed by atoms with Gasteiger partial charge >= 0.3 is 5.97 Å². The Labute approximate surface area is 182 Å². The lowest BCUT2D eigenvalue weighted by atomic mass is 9.85. The van der Waals surface area contributed by atoms with Crippen molar-refractivity contribution in [2.24, 2.45) is 0 Å². The van der Waals surface area contributed by atoms with E-state index in [1.54, 1.807) is 11.7 Å². The van der Waals surface area contributed by atoms with Crippen molar-refractivity contribution in [3.63, 3.8) is 0 Å². The highest BCUT2D eigenvalue weighted by molar-refractivity contribution is 5.71. The topological polar surface area (TPSA) is 90.6 Å². The van der Waals surface area contributed by atoms with Gasteiger partial charge in [0, 0.05) is 18.2 Å². The Morgan fingerprint density at radius 1 is 1.16 bits per heavy atom. The molecule has 3 rings (SSSR count). The highest BCUT2D eigenvalue weighted by atomic mass is 16.6. The van der Waals surface area contributed by atoms with Crippen molar-refractivity contribution in [3.8, 4) is 22.9 Å². The summed E-state index contributed by atoms with van der Waals surface area (Å²) in [5.41, 5.74) is 2.06. The van der Waals surface area contributed by atoms with Crippen LogP contribution in [0.25, 0.3) is 11.1 Å². The molecule has 0 bridgehead atoms.